The molecule has 2 amide bonds. The molecule has 2 aromatic rings. The second-order valence-corrected chi connectivity index (χ2v) is 11.1. The molecule has 1 aliphatic carbocycles. The molecule has 1 aromatic carbocycles. The third-order valence-electron chi connectivity index (χ3n) is 6.28. The minimum Gasteiger partial charge on any atom is -0.444 e. The predicted molar refractivity (Wildman–Crippen MR) is 138 cm³/mol. The zero-order valence-corrected chi connectivity index (χ0v) is 21.6. The van der Waals surface area contributed by atoms with Crippen LogP contribution in [0.1, 0.15) is 80.6 Å². The van der Waals surface area contributed by atoms with E-state index >= 15 is 0 Å². The quantitative estimate of drug-likeness (QED) is 0.538. The Morgan fingerprint density at radius 1 is 1.14 bits per heavy atom. The summed E-state index contributed by atoms with van der Waals surface area (Å²) in [5, 5.41) is 4.57. The van der Waals surface area contributed by atoms with Gasteiger partial charge in [-0.05, 0) is 63.6 Å². The van der Waals surface area contributed by atoms with E-state index in [0.29, 0.717) is 4.88 Å². The first kappa shape index (κ1) is 25.1. The van der Waals surface area contributed by atoms with Gasteiger partial charge in [0.2, 0.25) is 6.17 Å². The fourth-order valence-electron chi connectivity index (χ4n) is 4.77. The maximum Gasteiger partial charge on any atom is 0.409 e. The lowest BCUT2D eigenvalue weighted by molar-refractivity contribution is -0.120. The van der Waals surface area contributed by atoms with Gasteiger partial charge in [-0.1, -0.05) is 37.5 Å². The smallest absolute Gasteiger partial charge is 0.409 e. The van der Waals surface area contributed by atoms with E-state index < -0.39 is 17.9 Å². The molecule has 35 heavy (non-hydrogen) atoms. The molecule has 8 heteroatoms. The number of alkyl carbamates (subject to hydrolysis) is 1. The number of thiophene rings is 1. The van der Waals surface area contributed by atoms with Crippen LogP contribution in [-0.2, 0) is 16.1 Å². The highest BCUT2D eigenvalue weighted by atomic mass is 32.1. The van der Waals surface area contributed by atoms with Crippen molar-refractivity contribution in [1.29, 1.82) is 0 Å². The zero-order chi connectivity index (χ0) is 25.2. The van der Waals surface area contributed by atoms with Crippen LogP contribution in [0.4, 0.5) is 10.5 Å². The number of benzene rings is 1. The van der Waals surface area contributed by atoms with Crippen LogP contribution in [0.15, 0.2) is 40.7 Å². The summed E-state index contributed by atoms with van der Waals surface area (Å²) in [6.45, 7) is 7.08. The minimum absolute atomic E-state index is 0.0341. The van der Waals surface area contributed by atoms with Crippen LogP contribution < -0.4 is 10.2 Å². The highest BCUT2D eigenvalue weighted by molar-refractivity contribution is 7.12. The van der Waals surface area contributed by atoms with E-state index in [1.54, 1.807) is 25.7 Å². The first-order valence-electron chi connectivity index (χ1n) is 12.2. The number of hydrogen-bond acceptors (Lipinski definition) is 6. The van der Waals surface area contributed by atoms with E-state index in [0.717, 1.165) is 48.2 Å². The van der Waals surface area contributed by atoms with Crippen molar-refractivity contribution in [3.8, 4) is 0 Å². The van der Waals surface area contributed by atoms with E-state index in [2.05, 4.69) is 5.32 Å². The highest BCUT2D eigenvalue weighted by Gasteiger charge is 2.36. The molecule has 2 heterocycles. The Kier molecular flexibility index (Phi) is 7.40. The Morgan fingerprint density at radius 3 is 2.54 bits per heavy atom. The number of amides is 2. The number of Topliss-reactive ketones (excluding diaryl/α,β-unsaturated/α-hetero) is 1. The SMILES string of the molecule is CC(=O)c1sccc1CN1C(=O)[C@@H](NC(=O)OC(C)(C)C)N=C(C2CCCCC2)c2ccccc21. The molecule has 0 radical (unpaired) electrons. The Balaban J connectivity index is 1.77. The molecular weight excluding hydrogens is 462 g/mol. The first-order valence-corrected chi connectivity index (χ1v) is 13.1. The lowest BCUT2D eigenvalue weighted by atomic mass is 9.82. The molecule has 1 atom stereocenters. The molecule has 0 spiro atoms. The molecule has 186 valence electrons. The Labute approximate surface area is 210 Å². The number of anilines is 1. The Bertz CT molecular complexity index is 1140. The summed E-state index contributed by atoms with van der Waals surface area (Å²) in [4.78, 5) is 45.9. The maximum atomic E-state index is 13.9. The van der Waals surface area contributed by atoms with Gasteiger partial charge in [-0.15, -0.1) is 11.3 Å². The van der Waals surface area contributed by atoms with Crippen molar-refractivity contribution in [2.45, 2.75) is 78.1 Å². The second-order valence-electron chi connectivity index (χ2n) is 10.2. The summed E-state index contributed by atoms with van der Waals surface area (Å²) in [5.74, 6) is -0.169. The third-order valence-corrected chi connectivity index (χ3v) is 7.34. The summed E-state index contributed by atoms with van der Waals surface area (Å²) >= 11 is 1.37. The molecular formula is C27H33N3O4S. The number of benzodiazepines with no additional fused rings is 1. The van der Waals surface area contributed by atoms with Gasteiger partial charge in [0.1, 0.15) is 5.60 Å². The zero-order valence-electron chi connectivity index (χ0n) is 20.8. The summed E-state index contributed by atoms with van der Waals surface area (Å²) in [7, 11) is 0. The molecule has 1 N–H and O–H groups in total. The second kappa shape index (κ2) is 10.3. The average molecular weight is 496 g/mol. The molecule has 0 unspecified atom stereocenters. The summed E-state index contributed by atoms with van der Waals surface area (Å²) in [6, 6.07) is 9.65. The molecule has 1 fully saturated rings. The normalized spacial score (nSPS) is 19.0. The van der Waals surface area contributed by atoms with Gasteiger partial charge in [0, 0.05) is 11.5 Å². The molecule has 1 aliphatic heterocycles. The van der Waals surface area contributed by atoms with Crippen molar-refractivity contribution >= 4 is 40.5 Å². The number of para-hydroxylation sites is 1. The molecule has 2 aliphatic rings. The molecule has 4 rings (SSSR count). The number of fused-ring (bicyclic) bond motifs is 1. The van der Waals surface area contributed by atoms with Crippen molar-refractivity contribution in [1.82, 2.24) is 5.32 Å². The van der Waals surface area contributed by atoms with Crippen molar-refractivity contribution in [2.24, 2.45) is 10.9 Å². The standard InChI is InChI=1S/C27H33N3O4S/c1-17(31)23-19(14-15-35-23)16-30-21-13-9-8-12-20(21)22(18-10-6-5-7-11-18)28-24(25(30)32)29-26(33)34-27(2,3)4/h8-9,12-15,18,24H,5-7,10-11,16H2,1-4H3,(H,29,33)/t24-/m1/s1. The number of hydrogen-bond donors (Lipinski definition) is 1. The summed E-state index contributed by atoms with van der Waals surface area (Å²) < 4.78 is 5.45. The van der Waals surface area contributed by atoms with Crippen molar-refractivity contribution < 1.29 is 19.1 Å². The number of carbonyl (C=O) groups excluding carboxylic acids is 3. The van der Waals surface area contributed by atoms with Gasteiger partial charge in [-0.25, -0.2) is 4.79 Å². The number of ether oxygens (including phenoxy) is 1. The number of rotatable bonds is 5. The van der Waals surface area contributed by atoms with Crippen LogP contribution in [-0.4, -0.2) is 35.3 Å². The van der Waals surface area contributed by atoms with E-state index in [4.69, 9.17) is 9.73 Å². The fraction of sp³-hybridized carbons (Fsp3) is 0.481. The van der Waals surface area contributed by atoms with Crippen LogP contribution in [0.25, 0.3) is 0 Å². The molecule has 7 nitrogen and oxygen atoms in total. The van der Waals surface area contributed by atoms with Crippen molar-refractivity contribution in [2.75, 3.05) is 4.90 Å². The van der Waals surface area contributed by atoms with Gasteiger partial charge < -0.3 is 9.64 Å². The maximum absolute atomic E-state index is 13.9. The monoisotopic (exact) mass is 495 g/mol. The van der Waals surface area contributed by atoms with E-state index in [1.165, 1.54) is 24.7 Å². The van der Waals surface area contributed by atoms with Gasteiger partial charge in [0.25, 0.3) is 5.91 Å². The van der Waals surface area contributed by atoms with E-state index in [-0.39, 0.29) is 24.2 Å². The molecule has 1 saturated carbocycles. The van der Waals surface area contributed by atoms with Crippen LogP contribution >= 0.6 is 11.3 Å². The lowest BCUT2D eigenvalue weighted by Crippen LogP contribution is -2.48. The lowest BCUT2D eigenvalue weighted by Gasteiger charge is -2.27. The van der Waals surface area contributed by atoms with Crippen LogP contribution in [0, 0.1) is 5.92 Å². The molecule has 1 aromatic heterocycles. The molecule has 0 saturated heterocycles. The number of nitrogens with one attached hydrogen (secondary N) is 1. The van der Waals surface area contributed by atoms with Gasteiger partial charge in [0.15, 0.2) is 5.78 Å². The Morgan fingerprint density at radius 2 is 1.86 bits per heavy atom. The van der Waals surface area contributed by atoms with Gasteiger partial charge in [-0.2, -0.15) is 0 Å². The number of ketones is 1. The van der Waals surface area contributed by atoms with Gasteiger partial charge in [0.05, 0.1) is 22.8 Å². The highest BCUT2D eigenvalue weighted by Crippen LogP contribution is 2.35. The van der Waals surface area contributed by atoms with E-state index in [9.17, 15) is 14.4 Å². The van der Waals surface area contributed by atoms with Crippen LogP contribution in [0.3, 0.4) is 0 Å². The number of carbonyl (C=O) groups is 3. The average Bonchev–Trinajstić information content (AvgIpc) is 3.24. The van der Waals surface area contributed by atoms with Gasteiger partial charge >= 0.3 is 6.09 Å². The largest absolute Gasteiger partial charge is 0.444 e. The van der Waals surface area contributed by atoms with Crippen molar-refractivity contribution in [3.63, 3.8) is 0 Å². The first-order chi connectivity index (χ1) is 16.6. The Hall–Kier alpha value is -3.00. The minimum atomic E-state index is -1.12. The predicted octanol–water partition coefficient (Wildman–Crippen LogP) is 5.72. The number of aliphatic imine (C=N–C) groups is 1. The summed E-state index contributed by atoms with van der Waals surface area (Å²) in [6.07, 6.45) is 3.62. The van der Waals surface area contributed by atoms with Crippen LogP contribution in [0.5, 0.6) is 0 Å². The number of nitrogens with zero attached hydrogens (tertiary/aromatic N) is 2. The van der Waals surface area contributed by atoms with E-state index in [1.807, 2.05) is 35.7 Å². The topological polar surface area (TPSA) is 88.1 Å². The fourth-order valence-corrected chi connectivity index (χ4v) is 5.59. The third kappa shape index (κ3) is 5.81. The summed E-state index contributed by atoms with van der Waals surface area (Å²) in [5.41, 5.74) is 2.58. The van der Waals surface area contributed by atoms with Crippen molar-refractivity contribution in [3.05, 3.63) is 51.7 Å². The van der Waals surface area contributed by atoms with Gasteiger partial charge in [-0.3, -0.25) is 19.9 Å². The van der Waals surface area contributed by atoms with Crippen LogP contribution in [0.2, 0.25) is 0 Å². The molecule has 0 bridgehead atoms.